The van der Waals surface area contributed by atoms with Gasteiger partial charge < -0.3 is 4.74 Å². The molecule has 0 saturated carbocycles. The van der Waals surface area contributed by atoms with Crippen molar-refractivity contribution in [1.82, 2.24) is 14.8 Å². The molecule has 1 unspecified atom stereocenters. The highest BCUT2D eigenvalue weighted by Crippen LogP contribution is 2.32. The molecule has 0 N–H and O–H groups in total. The topological polar surface area (TPSA) is 92.3 Å². The smallest absolute Gasteiger partial charge is 0.327 e. The van der Waals surface area contributed by atoms with E-state index in [1.807, 2.05) is 36.4 Å². The maximum absolute atomic E-state index is 10.5. The van der Waals surface area contributed by atoms with E-state index in [4.69, 9.17) is 27.9 Å². The average Bonchev–Trinajstić information content (AvgIpc) is 3.22. The van der Waals surface area contributed by atoms with Gasteiger partial charge in [-0.2, -0.15) is 4.98 Å². The largest absolute Gasteiger partial charge is 0.494 e. The highest BCUT2D eigenvalue weighted by Gasteiger charge is 2.18. The highest BCUT2D eigenvalue weighted by molar-refractivity contribution is 6.35. The molecule has 1 aromatic heterocycles. The molecule has 4 rings (SSSR count). The van der Waals surface area contributed by atoms with Gasteiger partial charge in [0.25, 0.3) is 0 Å². The summed E-state index contributed by atoms with van der Waals surface area (Å²) in [6, 6.07) is 19.2. The highest BCUT2D eigenvalue weighted by atomic mass is 35.5. The SMILES string of the molecule is O=[N+]([O-])Oc1ncn(CC(CCCOc2ccc3ccccc3c2)c2ccc(Cl)cc2Cl)n1. The Labute approximate surface area is 199 Å². The molecule has 0 fully saturated rings. The normalized spacial score (nSPS) is 11.9. The third kappa shape index (κ3) is 6.12. The molecule has 0 aliphatic heterocycles. The Balaban J connectivity index is 1.42. The zero-order valence-electron chi connectivity index (χ0n) is 17.4. The Morgan fingerprint density at radius 3 is 2.67 bits per heavy atom. The van der Waals surface area contributed by atoms with Crippen LogP contribution in [0, 0.1) is 10.1 Å². The van der Waals surface area contributed by atoms with Crippen molar-refractivity contribution >= 4 is 34.0 Å². The molecule has 1 atom stereocenters. The van der Waals surface area contributed by atoms with Crippen LogP contribution in [0.3, 0.4) is 0 Å². The standard InChI is InChI=1S/C23H20Cl2N4O4/c24-19-8-10-21(22(25)13-19)18(14-28-15-26-23(27-28)33-29(30)31)6-3-11-32-20-9-7-16-4-1-2-5-17(16)12-20/h1-2,4-5,7-10,12-13,15,18H,3,6,11,14H2. The number of rotatable bonds is 10. The Kier molecular flexibility index (Phi) is 7.26. The summed E-state index contributed by atoms with van der Waals surface area (Å²) in [7, 11) is 0. The second kappa shape index (κ2) is 10.5. The summed E-state index contributed by atoms with van der Waals surface area (Å²) in [6.07, 6.45) is 2.88. The van der Waals surface area contributed by atoms with Crippen LogP contribution in [0.15, 0.2) is 67.0 Å². The summed E-state index contributed by atoms with van der Waals surface area (Å²) in [4.78, 5) is 18.6. The molecule has 0 aliphatic rings. The van der Waals surface area contributed by atoms with E-state index in [1.54, 1.807) is 12.1 Å². The van der Waals surface area contributed by atoms with Crippen molar-refractivity contribution in [3.8, 4) is 11.8 Å². The van der Waals surface area contributed by atoms with Gasteiger partial charge in [0.1, 0.15) is 12.1 Å². The molecule has 0 saturated heterocycles. The van der Waals surface area contributed by atoms with E-state index >= 15 is 0 Å². The zero-order valence-corrected chi connectivity index (χ0v) is 18.9. The molecule has 0 bridgehead atoms. The molecular formula is C23H20Cl2N4O4. The quantitative estimate of drug-likeness (QED) is 0.156. The lowest BCUT2D eigenvalue weighted by atomic mass is 9.94. The van der Waals surface area contributed by atoms with Crippen molar-refractivity contribution in [3.63, 3.8) is 0 Å². The average molecular weight is 487 g/mol. The van der Waals surface area contributed by atoms with Crippen LogP contribution in [0.1, 0.15) is 24.3 Å². The van der Waals surface area contributed by atoms with Gasteiger partial charge in [-0.3, -0.25) is 4.68 Å². The fraction of sp³-hybridized carbons (Fsp3) is 0.217. The van der Waals surface area contributed by atoms with E-state index < -0.39 is 5.09 Å². The summed E-state index contributed by atoms with van der Waals surface area (Å²) in [5.41, 5.74) is 0.902. The molecule has 0 amide bonds. The molecule has 4 aromatic rings. The van der Waals surface area contributed by atoms with Crippen molar-refractivity contribution in [3.05, 3.63) is 92.7 Å². The Morgan fingerprint density at radius 2 is 1.88 bits per heavy atom. The van der Waals surface area contributed by atoms with Crippen LogP contribution >= 0.6 is 23.2 Å². The van der Waals surface area contributed by atoms with Crippen LogP contribution < -0.4 is 9.57 Å². The van der Waals surface area contributed by atoms with Crippen molar-refractivity contribution < 1.29 is 14.7 Å². The maximum atomic E-state index is 10.5. The second-order valence-electron chi connectivity index (χ2n) is 7.43. The summed E-state index contributed by atoms with van der Waals surface area (Å²) < 4.78 is 7.46. The molecule has 10 heteroatoms. The Bertz CT molecular complexity index is 1260. The van der Waals surface area contributed by atoms with Crippen molar-refractivity contribution in [1.29, 1.82) is 0 Å². The number of nitrogens with zero attached hydrogens (tertiary/aromatic N) is 4. The van der Waals surface area contributed by atoms with Crippen LogP contribution in [0.5, 0.6) is 11.8 Å². The zero-order chi connectivity index (χ0) is 23.2. The van der Waals surface area contributed by atoms with E-state index in [-0.39, 0.29) is 11.9 Å². The molecule has 33 heavy (non-hydrogen) atoms. The first kappa shape index (κ1) is 22.8. The van der Waals surface area contributed by atoms with Gasteiger partial charge in [-0.1, -0.05) is 59.6 Å². The molecule has 3 aromatic carbocycles. The van der Waals surface area contributed by atoms with Crippen LogP contribution in [-0.4, -0.2) is 26.5 Å². The van der Waals surface area contributed by atoms with E-state index in [0.29, 0.717) is 23.2 Å². The summed E-state index contributed by atoms with van der Waals surface area (Å²) in [5, 5.41) is 17.0. The molecule has 1 heterocycles. The lowest BCUT2D eigenvalue weighted by molar-refractivity contribution is -0.713. The Morgan fingerprint density at radius 1 is 1.06 bits per heavy atom. The number of ether oxygens (including phenoxy) is 1. The van der Waals surface area contributed by atoms with E-state index in [1.165, 1.54) is 11.0 Å². The van der Waals surface area contributed by atoms with Gasteiger partial charge in [-0.05, 0) is 53.4 Å². The van der Waals surface area contributed by atoms with Gasteiger partial charge >= 0.3 is 11.1 Å². The predicted molar refractivity (Wildman–Crippen MR) is 126 cm³/mol. The summed E-state index contributed by atoms with van der Waals surface area (Å²) in [6.45, 7) is 0.929. The first-order valence-electron chi connectivity index (χ1n) is 10.3. The second-order valence-corrected chi connectivity index (χ2v) is 8.27. The van der Waals surface area contributed by atoms with Crippen molar-refractivity contribution in [2.24, 2.45) is 0 Å². The summed E-state index contributed by atoms with van der Waals surface area (Å²) in [5.74, 6) is 0.771. The number of benzene rings is 3. The minimum Gasteiger partial charge on any atom is -0.494 e. The van der Waals surface area contributed by atoms with Crippen LogP contribution in [0.4, 0.5) is 0 Å². The Hall–Kier alpha value is -3.36. The molecular weight excluding hydrogens is 467 g/mol. The first-order chi connectivity index (χ1) is 16.0. The molecule has 0 radical (unpaired) electrons. The first-order valence-corrected chi connectivity index (χ1v) is 11.0. The fourth-order valence-electron chi connectivity index (χ4n) is 3.65. The van der Waals surface area contributed by atoms with E-state index in [9.17, 15) is 10.1 Å². The molecule has 0 aliphatic carbocycles. The monoisotopic (exact) mass is 486 g/mol. The van der Waals surface area contributed by atoms with Gasteiger partial charge in [-0.25, -0.2) is 4.84 Å². The van der Waals surface area contributed by atoms with E-state index in [2.05, 4.69) is 27.1 Å². The van der Waals surface area contributed by atoms with Gasteiger partial charge in [0.05, 0.1) is 6.61 Å². The number of halogens is 2. The number of aromatic nitrogens is 3. The minimum atomic E-state index is -0.947. The lowest BCUT2D eigenvalue weighted by Gasteiger charge is -2.19. The van der Waals surface area contributed by atoms with Gasteiger partial charge in [0.15, 0.2) is 0 Å². The van der Waals surface area contributed by atoms with Gasteiger partial charge in [-0.15, -0.1) is 15.2 Å². The third-order valence-corrected chi connectivity index (χ3v) is 5.73. The molecule has 0 spiro atoms. The van der Waals surface area contributed by atoms with E-state index in [0.717, 1.165) is 34.9 Å². The number of fused-ring (bicyclic) bond motifs is 1. The van der Waals surface area contributed by atoms with Crippen molar-refractivity contribution in [2.45, 2.75) is 25.3 Å². The molecule has 8 nitrogen and oxygen atoms in total. The summed E-state index contributed by atoms with van der Waals surface area (Å²) >= 11 is 12.5. The van der Waals surface area contributed by atoms with Crippen LogP contribution in [0.2, 0.25) is 10.0 Å². The van der Waals surface area contributed by atoms with Crippen LogP contribution in [0.25, 0.3) is 10.8 Å². The lowest BCUT2D eigenvalue weighted by Crippen LogP contribution is -2.13. The maximum Gasteiger partial charge on any atom is 0.327 e. The van der Waals surface area contributed by atoms with Gasteiger partial charge in [0, 0.05) is 22.5 Å². The number of hydrogen-bond donors (Lipinski definition) is 0. The van der Waals surface area contributed by atoms with Crippen molar-refractivity contribution in [2.75, 3.05) is 6.61 Å². The fourth-order valence-corrected chi connectivity index (χ4v) is 4.22. The predicted octanol–water partition coefficient (Wildman–Crippen LogP) is 5.95. The minimum absolute atomic E-state index is 0.0415. The van der Waals surface area contributed by atoms with Crippen LogP contribution in [-0.2, 0) is 6.54 Å². The third-order valence-electron chi connectivity index (χ3n) is 5.17. The number of hydrogen-bond acceptors (Lipinski definition) is 6. The molecule has 170 valence electrons. The van der Waals surface area contributed by atoms with Gasteiger partial charge in [0.2, 0.25) is 0 Å².